The highest BCUT2D eigenvalue weighted by Gasteiger charge is 2.31. The van der Waals surface area contributed by atoms with Crippen LogP contribution in [0.1, 0.15) is 18.9 Å². The maximum absolute atomic E-state index is 12.5. The lowest BCUT2D eigenvalue weighted by Crippen LogP contribution is -2.23. The summed E-state index contributed by atoms with van der Waals surface area (Å²) in [7, 11) is 0. The zero-order valence-corrected chi connectivity index (χ0v) is 11.7. The molecule has 1 aromatic rings. The molecule has 0 saturated heterocycles. The van der Waals surface area contributed by atoms with Crippen LogP contribution in [-0.2, 0) is 11.0 Å². The van der Waals surface area contributed by atoms with E-state index in [1.54, 1.807) is 6.92 Å². The van der Waals surface area contributed by atoms with Gasteiger partial charge in [0.05, 0.1) is 28.9 Å². The number of aromatic nitrogens is 1. The van der Waals surface area contributed by atoms with Gasteiger partial charge in [0.25, 0.3) is 0 Å². The molecule has 0 aromatic carbocycles. The molecule has 2 heterocycles. The third-order valence-electron chi connectivity index (χ3n) is 2.90. The van der Waals surface area contributed by atoms with Crippen LogP contribution in [0.4, 0.5) is 19.0 Å². The number of rotatable bonds is 4. The molecule has 2 N–H and O–H groups in total. The number of nitrogens with zero attached hydrogens (tertiary/aromatic N) is 2. The van der Waals surface area contributed by atoms with Crippen molar-refractivity contribution in [1.82, 2.24) is 4.98 Å². The standard InChI is InChI=1S/C12H13ClF3N3O2/c1-6(20)10-3-8(21-19-10)5-18-11-9(13)2-7(4-17-11)12(14,15)16/h2,4,6,8,20H,3,5H2,1H3,(H,17,18)/t6-,8-/m1/s1. The van der Waals surface area contributed by atoms with Crippen LogP contribution in [0, 0.1) is 0 Å². The van der Waals surface area contributed by atoms with E-state index >= 15 is 0 Å². The minimum atomic E-state index is -4.48. The molecule has 0 fully saturated rings. The van der Waals surface area contributed by atoms with Crippen LogP contribution in [0.25, 0.3) is 0 Å². The first-order valence-corrected chi connectivity index (χ1v) is 6.52. The van der Waals surface area contributed by atoms with Crippen molar-refractivity contribution in [2.75, 3.05) is 11.9 Å². The zero-order valence-electron chi connectivity index (χ0n) is 11.0. The molecule has 0 saturated carbocycles. The summed E-state index contributed by atoms with van der Waals surface area (Å²) in [4.78, 5) is 8.74. The average Bonchev–Trinajstić information content (AvgIpc) is 2.85. The van der Waals surface area contributed by atoms with Gasteiger partial charge >= 0.3 is 6.18 Å². The molecule has 0 aliphatic carbocycles. The summed E-state index contributed by atoms with van der Waals surface area (Å²) in [5.74, 6) is 0.138. The van der Waals surface area contributed by atoms with Crippen molar-refractivity contribution < 1.29 is 23.1 Å². The Hall–Kier alpha value is -1.54. The number of anilines is 1. The molecule has 21 heavy (non-hydrogen) atoms. The Morgan fingerprint density at radius 3 is 2.81 bits per heavy atom. The molecule has 0 bridgehead atoms. The fourth-order valence-electron chi connectivity index (χ4n) is 1.74. The van der Waals surface area contributed by atoms with Crippen LogP contribution in [-0.4, -0.2) is 34.6 Å². The molecule has 116 valence electrons. The van der Waals surface area contributed by atoms with Crippen molar-refractivity contribution in [3.63, 3.8) is 0 Å². The maximum Gasteiger partial charge on any atom is 0.417 e. The molecule has 0 amide bonds. The zero-order chi connectivity index (χ0) is 15.6. The first-order chi connectivity index (χ1) is 9.77. The van der Waals surface area contributed by atoms with E-state index in [0.717, 1.165) is 6.07 Å². The topological polar surface area (TPSA) is 66.7 Å². The first-order valence-electron chi connectivity index (χ1n) is 6.14. The summed E-state index contributed by atoms with van der Waals surface area (Å²) in [5, 5.41) is 15.7. The molecule has 5 nitrogen and oxygen atoms in total. The quantitative estimate of drug-likeness (QED) is 0.894. The number of nitrogens with one attached hydrogen (secondary N) is 1. The predicted molar refractivity (Wildman–Crippen MR) is 71.3 cm³/mol. The molecule has 1 aliphatic heterocycles. The molecule has 0 radical (unpaired) electrons. The highest BCUT2D eigenvalue weighted by molar-refractivity contribution is 6.32. The van der Waals surface area contributed by atoms with Gasteiger partial charge < -0.3 is 15.3 Å². The second-order valence-electron chi connectivity index (χ2n) is 4.62. The van der Waals surface area contributed by atoms with Crippen molar-refractivity contribution in [3.05, 3.63) is 22.8 Å². The molecule has 2 rings (SSSR count). The van der Waals surface area contributed by atoms with Gasteiger partial charge in [0.2, 0.25) is 0 Å². The summed E-state index contributed by atoms with van der Waals surface area (Å²) >= 11 is 5.77. The van der Waals surface area contributed by atoms with Gasteiger partial charge in [-0.3, -0.25) is 0 Å². The van der Waals surface area contributed by atoms with Crippen molar-refractivity contribution >= 4 is 23.1 Å². The van der Waals surface area contributed by atoms with E-state index < -0.39 is 17.8 Å². The molecule has 2 atom stereocenters. The van der Waals surface area contributed by atoms with Crippen molar-refractivity contribution in [3.8, 4) is 0 Å². The second-order valence-corrected chi connectivity index (χ2v) is 5.03. The lowest BCUT2D eigenvalue weighted by Gasteiger charge is -2.13. The van der Waals surface area contributed by atoms with Gasteiger partial charge in [-0.15, -0.1) is 0 Å². The molecule has 9 heteroatoms. The van der Waals surface area contributed by atoms with E-state index in [1.165, 1.54) is 0 Å². The monoisotopic (exact) mass is 323 g/mol. The van der Waals surface area contributed by atoms with E-state index in [4.69, 9.17) is 16.4 Å². The van der Waals surface area contributed by atoms with E-state index in [2.05, 4.69) is 15.5 Å². The normalized spacial score (nSPS) is 19.9. The molecule has 1 aromatic heterocycles. The predicted octanol–water partition coefficient (Wildman–Crippen LogP) is 2.69. The fraction of sp³-hybridized carbons (Fsp3) is 0.500. The smallest absolute Gasteiger partial charge is 0.390 e. The number of aliphatic hydroxyl groups excluding tert-OH is 1. The maximum atomic E-state index is 12.5. The van der Waals surface area contributed by atoms with Crippen LogP contribution in [0.2, 0.25) is 5.02 Å². The van der Waals surface area contributed by atoms with Gasteiger partial charge in [-0.2, -0.15) is 13.2 Å². The number of oxime groups is 1. The van der Waals surface area contributed by atoms with Crippen LogP contribution in [0.3, 0.4) is 0 Å². The SMILES string of the molecule is C[C@@H](O)C1=NO[C@@H](CNc2ncc(C(F)(F)F)cc2Cl)C1. The number of alkyl halides is 3. The van der Waals surface area contributed by atoms with Crippen LogP contribution < -0.4 is 5.32 Å². The third kappa shape index (κ3) is 3.98. The van der Waals surface area contributed by atoms with Gasteiger partial charge in [-0.05, 0) is 13.0 Å². The summed E-state index contributed by atoms with van der Waals surface area (Å²) in [6.07, 6.45) is -4.36. The Balaban J connectivity index is 1.93. The lowest BCUT2D eigenvalue weighted by atomic mass is 10.1. The number of hydrogen-bond acceptors (Lipinski definition) is 5. The summed E-state index contributed by atoms with van der Waals surface area (Å²) in [6.45, 7) is 1.84. The molecular formula is C12H13ClF3N3O2. The second kappa shape index (κ2) is 6.07. The van der Waals surface area contributed by atoms with Crippen LogP contribution in [0.5, 0.6) is 0 Å². The number of aliphatic hydroxyl groups is 1. The van der Waals surface area contributed by atoms with Gasteiger partial charge in [-0.1, -0.05) is 16.8 Å². The Morgan fingerprint density at radius 2 is 2.29 bits per heavy atom. The fourth-order valence-corrected chi connectivity index (χ4v) is 1.97. The number of hydrogen-bond donors (Lipinski definition) is 2. The number of pyridine rings is 1. The highest BCUT2D eigenvalue weighted by atomic mass is 35.5. The largest absolute Gasteiger partial charge is 0.417 e. The number of halogens is 4. The van der Waals surface area contributed by atoms with Crippen molar-refractivity contribution in [2.45, 2.75) is 31.7 Å². The molecule has 0 spiro atoms. The summed E-state index contributed by atoms with van der Waals surface area (Å²) < 4.78 is 37.4. The Kier molecular flexibility index (Phi) is 4.58. The van der Waals surface area contributed by atoms with Crippen molar-refractivity contribution in [2.24, 2.45) is 5.16 Å². The van der Waals surface area contributed by atoms with E-state index in [0.29, 0.717) is 18.3 Å². The Bertz CT molecular complexity index is 549. The van der Waals surface area contributed by atoms with Crippen LogP contribution >= 0.6 is 11.6 Å². The Morgan fingerprint density at radius 1 is 1.57 bits per heavy atom. The summed E-state index contributed by atoms with van der Waals surface area (Å²) in [6, 6.07) is 0.810. The minimum absolute atomic E-state index is 0.125. The lowest BCUT2D eigenvalue weighted by molar-refractivity contribution is -0.137. The minimum Gasteiger partial charge on any atom is -0.390 e. The molecule has 0 unspecified atom stereocenters. The first kappa shape index (κ1) is 15.8. The third-order valence-corrected chi connectivity index (χ3v) is 3.19. The van der Waals surface area contributed by atoms with Gasteiger partial charge in [0, 0.05) is 12.6 Å². The molecular weight excluding hydrogens is 311 g/mol. The average molecular weight is 324 g/mol. The van der Waals surface area contributed by atoms with Gasteiger partial charge in [0.15, 0.2) is 0 Å². The molecule has 1 aliphatic rings. The van der Waals surface area contributed by atoms with Crippen molar-refractivity contribution in [1.29, 1.82) is 0 Å². The van der Waals surface area contributed by atoms with E-state index in [-0.39, 0.29) is 23.5 Å². The van der Waals surface area contributed by atoms with Gasteiger partial charge in [-0.25, -0.2) is 4.98 Å². The van der Waals surface area contributed by atoms with Gasteiger partial charge in [0.1, 0.15) is 11.9 Å². The summed E-state index contributed by atoms with van der Waals surface area (Å²) in [5.41, 5.74) is -0.386. The van der Waals surface area contributed by atoms with E-state index in [9.17, 15) is 18.3 Å². The Labute approximate surface area is 123 Å². The van der Waals surface area contributed by atoms with E-state index in [1.807, 2.05) is 0 Å². The highest BCUT2D eigenvalue weighted by Crippen LogP contribution is 2.32. The van der Waals surface area contributed by atoms with Crippen LogP contribution in [0.15, 0.2) is 17.4 Å².